The third kappa shape index (κ3) is 4.00. The molecule has 0 saturated heterocycles. The highest BCUT2D eigenvalue weighted by Gasteiger charge is 2.30. The summed E-state index contributed by atoms with van der Waals surface area (Å²) in [5.41, 5.74) is 1.28. The second-order valence-electron chi connectivity index (χ2n) is 6.71. The molecule has 0 aliphatic carbocycles. The first-order chi connectivity index (χ1) is 13.4. The molecule has 0 fully saturated rings. The van der Waals surface area contributed by atoms with Gasteiger partial charge in [-0.3, -0.25) is 9.78 Å². The molecule has 0 radical (unpaired) electrons. The van der Waals surface area contributed by atoms with Crippen molar-refractivity contribution < 1.29 is 13.9 Å². The van der Waals surface area contributed by atoms with Gasteiger partial charge in [0.15, 0.2) is 0 Å². The van der Waals surface area contributed by atoms with E-state index in [-0.39, 0.29) is 11.5 Å². The van der Waals surface area contributed by atoms with Crippen molar-refractivity contribution in [2.24, 2.45) is 0 Å². The second kappa shape index (κ2) is 7.99. The topological polar surface area (TPSA) is 63.0 Å². The van der Waals surface area contributed by atoms with E-state index >= 15 is 0 Å². The van der Waals surface area contributed by atoms with Crippen LogP contribution in [-0.4, -0.2) is 22.3 Å². The number of aromatic nitrogens is 1. The van der Waals surface area contributed by atoms with Gasteiger partial charge in [-0.1, -0.05) is 12.1 Å². The summed E-state index contributed by atoms with van der Waals surface area (Å²) in [4.78, 5) is 17.3. The number of nitriles is 1. The average molecular weight is 394 g/mol. The normalized spacial score (nSPS) is 11.2. The molecule has 0 amide bonds. The van der Waals surface area contributed by atoms with Gasteiger partial charge in [-0.25, -0.2) is 4.39 Å². The monoisotopic (exact) mass is 394 g/mol. The van der Waals surface area contributed by atoms with E-state index in [1.54, 1.807) is 31.5 Å². The van der Waals surface area contributed by atoms with Crippen LogP contribution in [0.15, 0.2) is 53.7 Å². The molecule has 0 bridgehead atoms. The van der Waals surface area contributed by atoms with Gasteiger partial charge in [-0.2, -0.15) is 5.26 Å². The van der Waals surface area contributed by atoms with Crippen LogP contribution >= 0.6 is 11.8 Å². The standard InChI is InChI=1S/C22H19FN2O2S/c1-4-27-21(26)22(2,3)28-16-7-6-15-12-25-13-19(18(15)10-16)17-8-5-14(11-24)9-20(17)23/h5-10,12-13H,4H2,1-3H3. The first-order valence-electron chi connectivity index (χ1n) is 8.79. The Hall–Kier alpha value is -2.91. The number of rotatable bonds is 5. The van der Waals surface area contributed by atoms with Crippen LogP contribution in [0.5, 0.6) is 0 Å². The Labute approximate surface area is 167 Å². The molecule has 0 aliphatic heterocycles. The minimum absolute atomic E-state index is 0.266. The van der Waals surface area contributed by atoms with Gasteiger partial charge in [0.2, 0.25) is 0 Å². The lowest BCUT2D eigenvalue weighted by Crippen LogP contribution is -2.29. The third-order valence-corrected chi connectivity index (χ3v) is 5.43. The molecule has 4 nitrogen and oxygen atoms in total. The van der Waals surface area contributed by atoms with Crippen molar-refractivity contribution in [2.75, 3.05) is 6.61 Å². The lowest BCUT2D eigenvalue weighted by Gasteiger charge is -2.22. The Morgan fingerprint density at radius 3 is 2.68 bits per heavy atom. The zero-order valence-corrected chi connectivity index (χ0v) is 16.6. The summed E-state index contributed by atoms with van der Waals surface area (Å²) in [6.07, 6.45) is 3.32. The number of carbonyl (C=O) groups is 1. The van der Waals surface area contributed by atoms with Crippen LogP contribution in [-0.2, 0) is 9.53 Å². The van der Waals surface area contributed by atoms with E-state index in [0.717, 1.165) is 15.7 Å². The molecule has 1 aromatic heterocycles. The van der Waals surface area contributed by atoms with E-state index in [1.807, 2.05) is 38.1 Å². The molecule has 1 heterocycles. The maximum absolute atomic E-state index is 14.6. The molecule has 3 rings (SSSR count). The van der Waals surface area contributed by atoms with Crippen LogP contribution in [0.3, 0.4) is 0 Å². The van der Waals surface area contributed by atoms with E-state index in [2.05, 4.69) is 4.98 Å². The molecule has 28 heavy (non-hydrogen) atoms. The summed E-state index contributed by atoms with van der Waals surface area (Å²) in [5, 5.41) is 10.6. The number of ether oxygens (including phenoxy) is 1. The van der Waals surface area contributed by atoms with Gasteiger partial charge in [0, 0.05) is 33.8 Å². The van der Waals surface area contributed by atoms with Crippen LogP contribution in [0.4, 0.5) is 4.39 Å². The van der Waals surface area contributed by atoms with Gasteiger partial charge < -0.3 is 4.74 Å². The summed E-state index contributed by atoms with van der Waals surface area (Å²) in [6, 6.07) is 12.1. The van der Waals surface area contributed by atoms with E-state index in [1.165, 1.54) is 17.8 Å². The van der Waals surface area contributed by atoms with Gasteiger partial charge in [-0.15, -0.1) is 11.8 Å². The first kappa shape index (κ1) is 19.8. The number of nitrogens with zero attached hydrogens (tertiary/aromatic N) is 2. The van der Waals surface area contributed by atoms with E-state index in [9.17, 15) is 9.18 Å². The highest BCUT2D eigenvalue weighted by atomic mass is 32.2. The lowest BCUT2D eigenvalue weighted by molar-refractivity contribution is -0.145. The van der Waals surface area contributed by atoms with Gasteiger partial charge in [-0.05, 0) is 50.4 Å². The fraction of sp³-hybridized carbons (Fsp3) is 0.227. The van der Waals surface area contributed by atoms with Crippen molar-refractivity contribution in [3.05, 3.63) is 60.2 Å². The quantitative estimate of drug-likeness (QED) is 0.431. The maximum Gasteiger partial charge on any atom is 0.321 e. The molecule has 0 N–H and O–H groups in total. The summed E-state index contributed by atoms with van der Waals surface area (Å²) < 4.78 is 19.0. The zero-order valence-electron chi connectivity index (χ0n) is 15.8. The number of carbonyl (C=O) groups excluding carboxylic acids is 1. The zero-order chi connectivity index (χ0) is 20.3. The van der Waals surface area contributed by atoms with Crippen LogP contribution in [0.25, 0.3) is 21.9 Å². The molecule has 0 saturated carbocycles. The summed E-state index contributed by atoms with van der Waals surface area (Å²) >= 11 is 1.39. The van der Waals surface area contributed by atoms with Crippen LogP contribution in [0.1, 0.15) is 26.3 Å². The summed E-state index contributed by atoms with van der Waals surface area (Å²) in [6.45, 7) is 5.73. The fourth-order valence-electron chi connectivity index (χ4n) is 2.87. The number of halogens is 1. The summed E-state index contributed by atoms with van der Waals surface area (Å²) in [7, 11) is 0. The molecule has 6 heteroatoms. The van der Waals surface area contributed by atoms with Crippen molar-refractivity contribution in [1.82, 2.24) is 4.98 Å². The number of pyridine rings is 1. The fourth-order valence-corrected chi connectivity index (χ4v) is 3.91. The minimum atomic E-state index is -0.753. The highest BCUT2D eigenvalue weighted by Crippen LogP contribution is 2.37. The minimum Gasteiger partial charge on any atom is -0.465 e. The van der Waals surface area contributed by atoms with Gasteiger partial charge in [0.05, 0.1) is 18.2 Å². The number of thioether (sulfide) groups is 1. The first-order valence-corrected chi connectivity index (χ1v) is 9.61. The van der Waals surface area contributed by atoms with Gasteiger partial charge in [0.25, 0.3) is 0 Å². The Bertz CT molecular complexity index is 1090. The predicted molar refractivity (Wildman–Crippen MR) is 108 cm³/mol. The number of benzene rings is 2. The Morgan fingerprint density at radius 2 is 2.00 bits per heavy atom. The SMILES string of the molecule is CCOC(=O)C(C)(C)Sc1ccc2cncc(-c3ccc(C#N)cc3F)c2c1. The van der Waals surface area contributed by atoms with Crippen molar-refractivity contribution in [3.63, 3.8) is 0 Å². The van der Waals surface area contributed by atoms with Crippen molar-refractivity contribution >= 4 is 28.5 Å². The molecule has 0 aliphatic rings. The highest BCUT2D eigenvalue weighted by molar-refractivity contribution is 8.01. The van der Waals surface area contributed by atoms with E-state index < -0.39 is 10.6 Å². The molecule has 3 aromatic rings. The molecular formula is C22H19FN2O2S. The number of hydrogen-bond donors (Lipinski definition) is 0. The van der Waals surface area contributed by atoms with Gasteiger partial charge >= 0.3 is 5.97 Å². The van der Waals surface area contributed by atoms with E-state index in [4.69, 9.17) is 10.00 Å². The Kier molecular flexibility index (Phi) is 5.66. The molecule has 0 atom stereocenters. The predicted octanol–water partition coefficient (Wildman–Crippen LogP) is 5.35. The van der Waals surface area contributed by atoms with Gasteiger partial charge in [0.1, 0.15) is 10.6 Å². The molecule has 142 valence electrons. The van der Waals surface area contributed by atoms with Crippen LogP contribution in [0.2, 0.25) is 0 Å². The van der Waals surface area contributed by atoms with Crippen molar-refractivity contribution in [3.8, 4) is 17.2 Å². The largest absolute Gasteiger partial charge is 0.465 e. The number of fused-ring (bicyclic) bond motifs is 1. The number of hydrogen-bond acceptors (Lipinski definition) is 5. The van der Waals surface area contributed by atoms with Crippen LogP contribution < -0.4 is 0 Å². The van der Waals surface area contributed by atoms with Crippen molar-refractivity contribution in [1.29, 1.82) is 5.26 Å². The Morgan fingerprint density at radius 1 is 1.21 bits per heavy atom. The van der Waals surface area contributed by atoms with Crippen LogP contribution in [0, 0.1) is 17.1 Å². The Balaban J connectivity index is 2.06. The molecular weight excluding hydrogens is 375 g/mol. The number of esters is 1. The molecule has 0 unspecified atom stereocenters. The smallest absolute Gasteiger partial charge is 0.321 e. The maximum atomic E-state index is 14.6. The third-order valence-electron chi connectivity index (χ3n) is 4.26. The van der Waals surface area contributed by atoms with Crippen molar-refractivity contribution in [2.45, 2.75) is 30.4 Å². The lowest BCUT2D eigenvalue weighted by atomic mass is 9.99. The average Bonchev–Trinajstić information content (AvgIpc) is 2.67. The van der Waals surface area contributed by atoms with E-state index in [0.29, 0.717) is 17.7 Å². The second-order valence-corrected chi connectivity index (χ2v) is 8.41. The molecule has 2 aromatic carbocycles. The summed E-state index contributed by atoms with van der Waals surface area (Å²) in [5.74, 6) is -0.758. The molecule has 0 spiro atoms.